The molecule has 0 atom stereocenters. The van der Waals surface area contributed by atoms with Crippen LogP contribution in [0.5, 0.6) is 5.75 Å². The molecule has 0 N–H and O–H groups in total. The summed E-state index contributed by atoms with van der Waals surface area (Å²) in [6.07, 6.45) is 0. The summed E-state index contributed by atoms with van der Waals surface area (Å²) in [4.78, 5) is 20.0. The summed E-state index contributed by atoms with van der Waals surface area (Å²) in [5.74, 6) is 0.780. The largest absolute Gasteiger partial charge is 0.486 e. The molecule has 26 heavy (non-hydrogen) atoms. The van der Waals surface area contributed by atoms with E-state index in [9.17, 15) is 4.79 Å². The summed E-state index contributed by atoms with van der Waals surface area (Å²) >= 11 is 1.40. The van der Waals surface area contributed by atoms with Crippen LogP contribution in [0.25, 0.3) is 0 Å². The van der Waals surface area contributed by atoms with Crippen molar-refractivity contribution in [2.45, 2.75) is 27.4 Å². The maximum atomic E-state index is 13.1. The van der Waals surface area contributed by atoms with Gasteiger partial charge >= 0.3 is 0 Å². The van der Waals surface area contributed by atoms with Crippen molar-refractivity contribution < 1.29 is 9.53 Å². The van der Waals surface area contributed by atoms with Crippen LogP contribution in [0.4, 0.5) is 5.69 Å². The van der Waals surface area contributed by atoms with Crippen LogP contribution in [0.1, 0.15) is 32.9 Å². The number of carbonyl (C=O) groups is 1. The van der Waals surface area contributed by atoms with E-state index in [1.165, 1.54) is 11.3 Å². The number of amides is 1. The average molecular weight is 366 g/mol. The van der Waals surface area contributed by atoms with Gasteiger partial charge in [0, 0.05) is 12.2 Å². The Hall–Kier alpha value is -2.66. The Labute approximate surface area is 158 Å². The van der Waals surface area contributed by atoms with E-state index in [0.717, 1.165) is 27.7 Å². The van der Waals surface area contributed by atoms with E-state index >= 15 is 0 Å². The molecular formula is C21H22N2O2S. The standard InChI is InChI=1S/C21H22N2O2S/c1-4-23(17-10-8-9-15(2)13-17)21(24)20-16(3)22-19(26-20)14-25-18-11-6-5-7-12-18/h5-13H,4,14H2,1-3H3. The van der Waals surface area contributed by atoms with Crippen LogP contribution in [0.2, 0.25) is 0 Å². The number of nitrogens with zero attached hydrogens (tertiary/aromatic N) is 2. The molecule has 1 amide bonds. The summed E-state index contributed by atoms with van der Waals surface area (Å²) in [7, 11) is 0. The second-order valence-corrected chi connectivity index (χ2v) is 7.10. The summed E-state index contributed by atoms with van der Waals surface area (Å²) in [5.41, 5.74) is 2.79. The number of hydrogen-bond acceptors (Lipinski definition) is 4. The van der Waals surface area contributed by atoms with E-state index in [2.05, 4.69) is 4.98 Å². The molecule has 0 saturated carbocycles. The second kappa shape index (κ2) is 8.15. The fourth-order valence-electron chi connectivity index (χ4n) is 2.74. The zero-order valence-electron chi connectivity index (χ0n) is 15.2. The number of carbonyl (C=O) groups excluding carboxylic acids is 1. The Bertz CT molecular complexity index is 890. The lowest BCUT2D eigenvalue weighted by atomic mass is 10.2. The summed E-state index contributed by atoms with van der Waals surface area (Å²) < 4.78 is 5.75. The van der Waals surface area contributed by atoms with Crippen LogP contribution < -0.4 is 9.64 Å². The Kier molecular flexibility index (Phi) is 5.68. The molecule has 1 aromatic heterocycles. The van der Waals surface area contributed by atoms with E-state index < -0.39 is 0 Å². The monoisotopic (exact) mass is 366 g/mol. The first-order valence-corrected chi connectivity index (χ1v) is 9.43. The molecule has 0 saturated heterocycles. The predicted octanol–water partition coefficient (Wildman–Crippen LogP) is 5.01. The minimum atomic E-state index is -0.0148. The van der Waals surface area contributed by atoms with Crippen molar-refractivity contribution >= 4 is 22.9 Å². The molecule has 5 heteroatoms. The molecule has 2 aromatic carbocycles. The number of anilines is 1. The maximum absolute atomic E-state index is 13.1. The molecule has 0 aliphatic carbocycles. The van der Waals surface area contributed by atoms with Gasteiger partial charge in [-0.1, -0.05) is 30.3 Å². The van der Waals surface area contributed by atoms with E-state index in [4.69, 9.17) is 4.74 Å². The quantitative estimate of drug-likeness (QED) is 0.616. The van der Waals surface area contributed by atoms with Gasteiger partial charge in [-0.25, -0.2) is 4.98 Å². The number of para-hydroxylation sites is 1. The molecule has 0 aliphatic heterocycles. The van der Waals surface area contributed by atoms with Crippen molar-refractivity contribution in [2.75, 3.05) is 11.4 Å². The van der Waals surface area contributed by atoms with Gasteiger partial charge in [0.15, 0.2) is 0 Å². The fraction of sp³-hybridized carbons (Fsp3) is 0.238. The number of aryl methyl sites for hydroxylation is 2. The molecule has 0 fully saturated rings. The molecule has 0 aliphatic rings. The molecule has 3 rings (SSSR count). The lowest BCUT2D eigenvalue weighted by molar-refractivity contribution is 0.0991. The number of thiazole rings is 1. The Morgan fingerprint density at radius 3 is 2.58 bits per heavy atom. The van der Waals surface area contributed by atoms with Crippen molar-refractivity contribution in [3.05, 3.63) is 75.7 Å². The first-order chi connectivity index (χ1) is 12.6. The van der Waals surface area contributed by atoms with Crippen LogP contribution >= 0.6 is 11.3 Å². The minimum Gasteiger partial charge on any atom is -0.486 e. The van der Waals surface area contributed by atoms with Crippen LogP contribution in [-0.4, -0.2) is 17.4 Å². The number of hydrogen-bond donors (Lipinski definition) is 0. The first kappa shape index (κ1) is 18.1. The Balaban J connectivity index is 1.77. The number of ether oxygens (including phenoxy) is 1. The van der Waals surface area contributed by atoms with Crippen LogP contribution in [0.3, 0.4) is 0 Å². The minimum absolute atomic E-state index is 0.0148. The van der Waals surface area contributed by atoms with Gasteiger partial charge in [-0.3, -0.25) is 4.79 Å². The molecule has 4 nitrogen and oxygen atoms in total. The van der Waals surface area contributed by atoms with Gasteiger partial charge in [-0.05, 0) is 50.6 Å². The third-order valence-corrected chi connectivity index (χ3v) is 5.13. The summed E-state index contributed by atoms with van der Waals surface area (Å²) in [6, 6.07) is 17.6. The maximum Gasteiger partial charge on any atom is 0.270 e. The van der Waals surface area contributed by atoms with Gasteiger partial charge in [0.05, 0.1) is 5.69 Å². The SMILES string of the molecule is CCN(C(=O)c1sc(COc2ccccc2)nc1C)c1cccc(C)c1. The summed E-state index contributed by atoms with van der Waals surface area (Å²) in [5, 5.41) is 0.801. The van der Waals surface area contributed by atoms with Crippen LogP contribution in [-0.2, 0) is 6.61 Å². The van der Waals surface area contributed by atoms with Crippen molar-refractivity contribution in [1.29, 1.82) is 0 Å². The number of benzene rings is 2. The fourth-order valence-corrected chi connectivity index (χ4v) is 3.66. The lowest BCUT2D eigenvalue weighted by Gasteiger charge is -2.21. The zero-order valence-corrected chi connectivity index (χ0v) is 16.0. The molecule has 134 valence electrons. The molecule has 0 radical (unpaired) electrons. The highest BCUT2D eigenvalue weighted by molar-refractivity contribution is 7.13. The van der Waals surface area contributed by atoms with E-state index in [0.29, 0.717) is 18.0 Å². The summed E-state index contributed by atoms with van der Waals surface area (Å²) in [6.45, 7) is 6.85. The molecule has 3 aromatic rings. The third-order valence-electron chi connectivity index (χ3n) is 4.02. The number of aromatic nitrogens is 1. The molecule has 1 heterocycles. The normalized spacial score (nSPS) is 10.6. The molecule has 0 unspecified atom stereocenters. The van der Waals surface area contributed by atoms with Crippen molar-refractivity contribution in [3.63, 3.8) is 0 Å². The topological polar surface area (TPSA) is 42.4 Å². The molecular weight excluding hydrogens is 344 g/mol. The second-order valence-electron chi connectivity index (χ2n) is 6.01. The van der Waals surface area contributed by atoms with Crippen LogP contribution in [0, 0.1) is 13.8 Å². The van der Waals surface area contributed by atoms with Crippen molar-refractivity contribution in [3.8, 4) is 5.75 Å². The van der Waals surface area contributed by atoms with Gasteiger partial charge in [0.2, 0.25) is 0 Å². The van der Waals surface area contributed by atoms with Crippen LogP contribution in [0.15, 0.2) is 54.6 Å². The third kappa shape index (κ3) is 4.11. The zero-order chi connectivity index (χ0) is 18.5. The lowest BCUT2D eigenvalue weighted by Crippen LogP contribution is -2.30. The number of rotatable bonds is 6. The first-order valence-electron chi connectivity index (χ1n) is 8.61. The van der Waals surface area contributed by atoms with Crippen molar-refractivity contribution in [2.24, 2.45) is 0 Å². The van der Waals surface area contributed by atoms with E-state index in [1.54, 1.807) is 4.90 Å². The molecule has 0 bridgehead atoms. The highest BCUT2D eigenvalue weighted by Crippen LogP contribution is 2.25. The van der Waals surface area contributed by atoms with Gasteiger partial charge in [0.25, 0.3) is 5.91 Å². The van der Waals surface area contributed by atoms with Gasteiger partial charge in [-0.2, -0.15) is 0 Å². The van der Waals surface area contributed by atoms with Crippen molar-refractivity contribution in [1.82, 2.24) is 4.98 Å². The van der Waals surface area contributed by atoms with Gasteiger partial charge in [0.1, 0.15) is 22.2 Å². The highest BCUT2D eigenvalue weighted by Gasteiger charge is 2.22. The van der Waals surface area contributed by atoms with E-state index in [1.807, 2.05) is 75.4 Å². The smallest absolute Gasteiger partial charge is 0.270 e. The molecule has 0 spiro atoms. The van der Waals surface area contributed by atoms with E-state index in [-0.39, 0.29) is 5.91 Å². The Morgan fingerprint density at radius 1 is 1.12 bits per heavy atom. The highest BCUT2D eigenvalue weighted by atomic mass is 32.1. The average Bonchev–Trinajstić information content (AvgIpc) is 3.02. The van der Waals surface area contributed by atoms with Gasteiger partial charge < -0.3 is 9.64 Å². The predicted molar refractivity (Wildman–Crippen MR) is 106 cm³/mol. The Morgan fingerprint density at radius 2 is 1.88 bits per heavy atom. The van der Waals surface area contributed by atoms with Gasteiger partial charge in [-0.15, -0.1) is 11.3 Å².